The van der Waals surface area contributed by atoms with Crippen molar-refractivity contribution in [2.75, 3.05) is 0 Å². The minimum Gasteiger partial charge on any atom is -0.474 e. The first-order valence-corrected chi connectivity index (χ1v) is 8.73. The summed E-state index contributed by atoms with van der Waals surface area (Å²) in [6.45, 7) is 4.77. The zero-order valence-electron chi connectivity index (χ0n) is 14.3. The van der Waals surface area contributed by atoms with Gasteiger partial charge in [-0.25, -0.2) is 4.98 Å². The van der Waals surface area contributed by atoms with Crippen LogP contribution in [0.4, 0.5) is 0 Å². The molecule has 5 heteroatoms. The maximum atomic E-state index is 11.9. The summed E-state index contributed by atoms with van der Waals surface area (Å²) in [6.07, 6.45) is 8.23. The first kappa shape index (κ1) is 17.7. The predicted molar refractivity (Wildman–Crippen MR) is 91.0 cm³/mol. The summed E-state index contributed by atoms with van der Waals surface area (Å²) in [4.78, 5) is 16.1. The Labute approximate surface area is 139 Å². The fourth-order valence-electron chi connectivity index (χ4n) is 2.91. The number of ether oxygens (including phenoxy) is 1. The second-order valence-electron chi connectivity index (χ2n) is 6.62. The number of carbonyl (C=O) groups is 1. The molecule has 128 valence electrons. The Balaban J connectivity index is 1.83. The average Bonchev–Trinajstić information content (AvgIpc) is 2.55. The van der Waals surface area contributed by atoms with Gasteiger partial charge in [0.15, 0.2) is 0 Å². The number of hydrogen-bond donors (Lipinski definition) is 2. The molecule has 0 aromatic carbocycles. The number of carbonyl (C=O) groups excluding carboxylic acids is 1. The third kappa shape index (κ3) is 5.82. The van der Waals surface area contributed by atoms with Crippen molar-refractivity contribution < 1.29 is 9.53 Å². The molecule has 1 atom stereocenters. The average molecular weight is 319 g/mol. The van der Waals surface area contributed by atoms with E-state index in [1.807, 2.05) is 19.1 Å². The fourth-order valence-corrected chi connectivity index (χ4v) is 2.91. The van der Waals surface area contributed by atoms with E-state index in [0.29, 0.717) is 18.8 Å². The largest absolute Gasteiger partial charge is 0.474 e. The van der Waals surface area contributed by atoms with Crippen LogP contribution >= 0.6 is 0 Å². The highest BCUT2D eigenvalue weighted by Gasteiger charge is 2.20. The third-order valence-electron chi connectivity index (χ3n) is 4.45. The van der Waals surface area contributed by atoms with Crippen LogP contribution in [-0.2, 0) is 11.3 Å². The number of pyridine rings is 1. The number of nitrogens with zero attached hydrogens (tertiary/aromatic N) is 1. The summed E-state index contributed by atoms with van der Waals surface area (Å²) in [6, 6.07) is 3.37. The van der Waals surface area contributed by atoms with Crippen molar-refractivity contribution in [2.24, 2.45) is 11.7 Å². The second kappa shape index (κ2) is 8.87. The molecule has 0 aliphatic heterocycles. The van der Waals surface area contributed by atoms with Gasteiger partial charge in [-0.15, -0.1) is 0 Å². The number of amides is 1. The third-order valence-corrected chi connectivity index (χ3v) is 4.45. The van der Waals surface area contributed by atoms with Crippen molar-refractivity contribution >= 4 is 5.91 Å². The normalized spacial score (nSPS) is 22.4. The van der Waals surface area contributed by atoms with E-state index in [9.17, 15) is 4.79 Å². The molecule has 1 heterocycles. The molecule has 1 aliphatic carbocycles. The molecule has 3 N–H and O–H groups in total. The highest BCUT2D eigenvalue weighted by atomic mass is 16.5. The molecule has 1 amide bonds. The van der Waals surface area contributed by atoms with Crippen molar-refractivity contribution in [1.82, 2.24) is 10.3 Å². The smallest absolute Gasteiger partial charge is 0.237 e. The summed E-state index contributed by atoms with van der Waals surface area (Å²) >= 11 is 0. The van der Waals surface area contributed by atoms with E-state index >= 15 is 0 Å². The van der Waals surface area contributed by atoms with Gasteiger partial charge in [-0.1, -0.05) is 20.3 Å². The van der Waals surface area contributed by atoms with Crippen molar-refractivity contribution in [2.45, 2.75) is 71.1 Å². The second-order valence-corrected chi connectivity index (χ2v) is 6.62. The van der Waals surface area contributed by atoms with Crippen molar-refractivity contribution in [1.29, 1.82) is 0 Å². The van der Waals surface area contributed by atoms with Crippen LogP contribution in [0.25, 0.3) is 0 Å². The zero-order chi connectivity index (χ0) is 16.7. The minimum atomic E-state index is -0.429. The highest BCUT2D eigenvalue weighted by Crippen LogP contribution is 2.26. The highest BCUT2D eigenvalue weighted by molar-refractivity contribution is 5.81. The molecule has 1 aromatic rings. The number of rotatable bonds is 7. The number of aromatic nitrogens is 1. The van der Waals surface area contributed by atoms with Crippen LogP contribution in [0.2, 0.25) is 0 Å². The lowest BCUT2D eigenvalue weighted by atomic mass is 9.89. The molecule has 0 saturated heterocycles. The van der Waals surface area contributed by atoms with Gasteiger partial charge in [0.2, 0.25) is 11.8 Å². The maximum Gasteiger partial charge on any atom is 0.237 e. The lowest BCUT2D eigenvalue weighted by molar-refractivity contribution is -0.122. The van der Waals surface area contributed by atoms with E-state index in [1.165, 1.54) is 12.8 Å². The Kier molecular flexibility index (Phi) is 6.84. The van der Waals surface area contributed by atoms with Crippen molar-refractivity contribution in [3.63, 3.8) is 0 Å². The molecule has 1 unspecified atom stereocenters. The minimum absolute atomic E-state index is 0.104. The van der Waals surface area contributed by atoms with Crippen LogP contribution in [0.5, 0.6) is 5.88 Å². The van der Waals surface area contributed by atoms with E-state index < -0.39 is 6.04 Å². The lowest BCUT2D eigenvalue weighted by Crippen LogP contribution is -2.40. The Morgan fingerprint density at radius 1 is 1.43 bits per heavy atom. The van der Waals surface area contributed by atoms with Gasteiger partial charge in [0, 0.05) is 18.8 Å². The molecule has 0 spiro atoms. The van der Waals surface area contributed by atoms with Crippen LogP contribution in [-0.4, -0.2) is 23.0 Å². The Morgan fingerprint density at radius 3 is 2.87 bits per heavy atom. The number of nitrogens with two attached hydrogens (primary N) is 1. The standard InChI is InChI=1S/C18H29N3O2/c1-3-4-16(19)18(22)21-12-14-9-10-20-17(11-14)23-15-7-5-13(2)6-8-15/h9-11,13,15-16H,3-8,12,19H2,1-2H3,(H,21,22). The van der Waals surface area contributed by atoms with Gasteiger partial charge in [-0.3, -0.25) is 4.79 Å². The lowest BCUT2D eigenvalue weighted by Gasteiger charge is -2.26. The van der Waals surface area contributed by atoms with E-state index in [2.05, 4.69) is 17.2 Å². The van der Waals surface area contributed by atoms with Crippen molar-refractivity contribution in [3.8, 4) is 5.88 Å². The summed E-state index contributed by atoms with van der Waals surface area (Å²) < 4.78 is 5.99. The van der Waals surface area contributed by atoms with E-state index in [-0.39, 0.29) is 12.0 Å². The molecule has 23 heavy (non-hydrogen) atoms. The van der Waals surface area contributed by atoms with E-state index in [1.54, 1.807) is 6.20 Å². The Bertz CT molecular complexity index is 499. The van der Waals surface area contributed by atoms with E-state index in [4.69, 9.17) is 10.5 Å². The molecule has 5 nitrogen and oxygen atoms in total. The molecule has 0 bridgehead atoms. The molecule has 2 rings (SSSR count). The molecule has 1 aliphatic rings. The predicted octanol–water partition coefficient (Wildman–Crippen LogP) is 2.78. The van der Waals surface area contributed by atoms with Crippen molar-refractivity contribution in [3.05, 3.63) is 23.9 Å². The number of hydrogen-bond acceptors (Lipinski definition) is 4. The summed E-state index contributed by atoms with van der Waals surface area (Å²) in [5.74, 6) is 1.35. The zero-order valence-corrected chi connectivity index (χ0v) is 14.3. The van der Waals surface area contributed by atoms with Gasteiger partial charge in [-0.05, 0) is 49.7 Å². The maximum absolute atomic E-state index is 11.9. The molecule has 1 fully saturated rings. The van der Waals surface area contributed by atoms with Gasteiger partial charge in [0.25, 0.3) is 0 Å². The van der Waals surface area contributed by atoms with Gasteiger partial charge in [0.1, 0.15) is 6.10 Å². The van der Waals surface area contributed by atoms with Crippen LogP contribution < -0.4 is 15.8 Å². The first-order chi connectivity index (χ1) is 11.1. The summed E-state index contributed by atoms with van der Waals surface area (Å²) in [5, 5.41) is 2.87. The molecule has 1 saturated carbocycles. The molecule has 0 radical (unpaired) electrons. The quantitative estimate of drug-likeness (QED) is 0.810. The fraction of sp³-hybridized carbons (Fsp3) is 0.667. The molecular formula is C18H29N3O2. The van der Waals surface area contributed by atoms with Gasteiger partial charge in [0.05, 0.1) is 6.04 Å². The molecular weight excluding hydrogens is 290 g/mol. The first-order valence-electron chi connectivity index (χ1n) is 8.73. The topological polar surface area (TPSA) is 77.2 Å². The summed E-state index contributed by atoms with van der Waals surface area (Å²) in [5.41, 5.74) is 6.79. The van der Waals surface area contributed by atoms with E-state index in [0.717, 1.165) is 30.7 Å². The summed E-state index contributed by atoms with van der Waals surface area (Å²) in [7, 11) is 0. The van der Waals surface area contributed by atoms with Gasteiger partial charge in [-0.2, -0.15) is 0 Å². The van der Waals surface area contributed by atoms with Crippen LogP contribution in [0.3, 0.4) is 0 Å². The van der Waals surface area contributed by atoms with Crippen LogP contribution in [0.15, 0.2) is 18.3 Å². The van der Waals surface area contributed by atoms with Crippen LogP contribution in [0.1, 0.15) is 57.9 Å². The monoisotopic (exact) mass is 319 g/mol. The SMILES string of the molecule is CCCC(N)C(=O)NCc1ccnc(OC2CCC(C)CC2)c1. The van der Waals surface area contributed by atoms with Gasteiger partial charge >= 0.3 is 0 Å². The number of nitrogens with one attached hydrogen (secondary N) is 1. The Morgan fingerprint density at radius 2 is 2.17 bits per heavy atom. The van der Waals surface area contributed by atoms with Gasteiger partial charge < -0.3 is 15.8 Å². The van der Waals surface area contributed by atoms with Crippen LogP contribution in [0, 0.1) is 5.92 Å². The Hall–Kier alpha value is -1.62. The molecule has 1 aromatic heterocycles.